The van der Waals surface area contributed by atoms with Gasteiger partial charge in [0.05, 0.1) is 19.8 Å². The van der Waals surface area contributed by atoms with Gasteiger partial charge in [0.1, 0.15) is 0 Å². The maximum absolute atomic E-state index is 5.51. The van der Waals surface area contributed by atoms with E-state index < -0.39 is 0 Å². The molecule has 1 rings (SSSR count). The lowest BCUT2D eigenvalue weighted by Gasteiger charge is -2.26. The van der Waals surface area contributed by atoms with Crippen molar-refractivity contribution < 1.29 is 9.47 Å². The Bertz CT molecular complexity index is 173. The molecule has 0 saturated carbocycles. The van der Waals surface area contributed by atoms with E-state index in [9.17, 15) is 0 Å². The van der Waals surface area contributed by atoms with Crippen LogP contribution in [0.5, 0.6) is 0 Å². The molecular formula is C13H28N2O2. The smallest absolute Gasteiger partial charge is 0.0620 e. The van der Waals surface area contributed by atoms with Crippen LogP contribution < -0.4 is 10.6 Å². The molecule has 1 aliphatic rings. The summed E-state index contributed by atoms with van der Waals surface area (Å²) < 4.78 is 10.9. The second kappa shape index (κ2) is 9.83. The second-order valence-corrected chi connectivity index (χ2v) is 4.78. The topological polar surface area (TPSA) is 42.5 Å². The van der Waals surface area contributed by atoms with E-state index in [4.69, 9.17) is 9.47 Å². The van der Waals surface area contributed by atoms with Crippen molar-refractivity contribution in [3.05, 3.63) is 0 Å². The normalized spacial score (nSPS) is 22.6. The molecule has 0 bridgehead atoms. The number of hydrogen-bond donors (Lipinski definition) is 2. The fraction of sp³-hybridized carbons (Fsp3) is 1.00. The van der Waals surface area contributed by atoms with Gasteiger partial charge in [-0.25, -0.2) is 0 Å². The molecule has 0 aromatic heterocycles. The Morgan fingerprint density at radius 1 is 1.47 bits per heavy atom. The van der Waals surface area contributed by atoms with Gasteiger partial charge in [0.2, 0.25) is 0 Å². The maximum atomic E-state index is 5.51. The number of rotatable bonds is 9. The maximum Gasteiger partial charge on any atom is 0.0620 e. The monoisotopic (exact) mass is 244 g/mol. The molecule has 17 heavy (non-hydrogen) atoms. The van der Waals surface area contributed by atoms with Crippen molar-refractivity contribution in [2.75, 3.05) is 39.5 Å². The predicted octanol–water partition coefficient (Wildman–Crippen LogP) is 1.16. The van der Waals surface area contributed by atoms with Crippen LogP contribution in [0.2, 0.25) is 0 Å². The Morgan fingerprint density at radius 3 is 3.06 bits per heavy atom. The summed E-state index contributed by atoms with van der Waals surface area (Å²) in [5.41, 5.74) is 0. The zero-order chi connectivity index (χ0) is 12.3. The van der Waals surface area contributed by atoms with Gasteiger partial charge in [-0.1, -0.05) is 13.3 Å². The van der Waals surface area contributed by atoms with Crippen LogP contribution in [0, 0.1) is 0 Å². The van der Waals surface area contributed by atoms with Crippen molar-refractivity contribution in [3.63, 3.8) is 0 Å². The molecule has 0 aromatic carbocycles. The lowest BCUT2D eigenvalue weighted by atomic mass is 10.1. The number of hydrogen-bond acceptors (Lipinski definition) is 4. The van der Waals surface area contributed by atoms with E-state index in [1.54, 1.807) is 0 Å². The summed E-state index contributed by atoms with van der Waals surface area (Å²) in [5, 5.41) is 6.96. The van der Waals surface area contributed by atoms with Gasteiger partial charge in [0.15, 0.2) is 0 Å². The van der Waals surface area contributed by atoms with Crippen LogP contribution in [0.4, 0.5) is 0 Å². The molecule has 0 amide bonds. The van der Waals surface area contributed by atoms with Crippen molar-refractivity contribution in [1.82, 2.24) is 10.6 Å². The van der Waals surface area contributed by atoms with Crippen LogP contribution >= 0.6 is 0 Å². The third-order valence-electron chi connectivity index (χ3n) is 3.02. The fourth-order valence-corrected chi connectivity index (χ4v) is 2.01. The Morgan fingerprint density at radius 2 is 2.35 bits per heavy atom. The zero-order valence-electron chi connectivity index (χ0n) is 11.3. The molecule has 0 radical (unpaired) electrons. The highest BCUT2D eigenvalue weighted by Crippen LogP contribution is 2.02. The van der Waals surface area contributed by atoms with E-state index in [1.807, 2.05) is 0 Å². The fourth-order valence-electron chi connectivity index (χ4n) is 2.01. The van der Waals surface area contributed by atoms with E-state index in [0.29, 0.717) is 12.1 Å². The van der Waals surface area contributed by atoms with Gasteiger partial charge in [-0.3, -0.25) is 0 Å². The van der Waals surface area contributed by atoms with Crippen molar-refractivity contribution in [2.24, 2.45) is 0 Å². The van der Waals surface area contributed by atoms with Crippen LogP contribution in [-0.4, -0.2) is 51.6 Å². The summed E-state index contributed by atoms with van der Waals surface area (Å²) in [6.07, 6.45) is 3.49. The third kappa shape index (κ3) is 7.71. The molecule has 0 spiro atoms. The molecule has 0 aromatic rings. The van der Waals surface area contributed by atoms with E-state index in [0.717, 1.165) is 45.9 Å². The first-order valence-corrected chi connectivity index (χ1v) is 6.95. The number of morpholine rings is 1. The van der Waals surface area contributed by atoms with E-state index in [1.165, 1.54) is 12.8 Å². The minimum absolute atomic E-state index is 0.507. The molecule has 0 aliphatic carbocycles. The average molecular weight is 244 g/mol. The second-order valence-electron chi connectivity index (χ2n) is 4.78. The van der Waals surface area contributed by atoms with Gasteiger partial charge >= 0.3 is 0 Å². The summed E-state index contributed by atoms with van der Waals surface area (Å²) in [6.45, 7) is 9.74. The first kappa shape index (κ1) is 14.9. The highest BCUT2D eigenvalue weighted by Gasteiger charge is 2.15. The van der Waals surface area contributed by atoms with E-state index >= 15 is 0 Å². The quantitative estimate of drug-likeness (QED) is 0.597. The van der Waals surface area contributed by atoms with Crippen LogP contribution in [0.25, 0.3) is 0 Å². The largest absolute Gasteiger partial charge is 0.380 e. The van der Waals surface area contributed by atoms with Crippen molar-refractivity contribution in [1.29, 1.82) is 0 Å². The van der Waals surface area contributed by atoms with Crippen molar-refractivity contribution in [2.45, 2.75) is 45.2 Å². The first-order chi connectivity index (χ1) is 8.33. The Hall–Kier alpha value is -0.160. The van der Waals surface area contributed by atoms with Gasteiger partial charge in [0, 0.05) is 31.8 Å². The summed E-state index contributed by atoms with van der Waals surface area (Å²) in [5.74, 6) is 0. The number of unbranched alkanes of at least 4 members (excludes halogenated alkanes) is 1. The molecule has 1 saturated heterocycles. The van der Waals surface area contributed by atoms with Gasteiger partial charge in [0.25, 0.3) is 0 Å². The van der Waals surface area contributed by atoms with Crippen LogP contribution in [0.3, 0.4) is 0 Å². The van der Waals surface area contributed by atoms with Crippen LogP contribution in [0.1, 0.15) is 33.1 Å². The molecule has 102 valence electrons. The van der Waals surface area contributed by atoms with Gasteiger partial charge in [-0.2, -0.15) is 0 Å². The van der Waals surface area contributed by atoms with Crippen LogP contribution in [0.15, 0.2) is 0 Å². The Kier molecular flexibility index (Phi) is 8.61. The minimum Gasteiger partial charge on any atom is -0.380 e. The van der Waals surface area contributed by atoms with Gasteiger partial charge in [-0.15, -0.1) is 0 Å². The molecule has 4 heteroatoms. The minimum atomic E-state index is 0.507. The first-order valence-electron chi connectivity index (χ1n) is 6.95. The van der Waals surface area contributed by atoms with E-state index in [2.05, 4.69) is 24.5 Å². The third-order valence-corrected chi connectivity index (χ3v) is 3.02. The van der Waals surface area contributed by atoms with Crippen molar-refractivity contribution in [3.8, 4) is 0 Å². The molecule has 1 aliphatic heterocycles. The van der Waals surface area contributed by atoms with Crippen LogP contribution in [-0.2, 0) is 9.47 Å². The Labute approximate surface area is 105 Å². The zero-order valence-corrected chi connectivity index (χ0v) is 11.3. The lowest BCUT2D eigenvalue weighted by Crippen LogP contribution is -2.45. The standard InChI is InChI=1S/C13H28N2O2/c1-3-4-7-16-8-5-14-12(2)10-13-11-17-9-6-15-13/h12-15H,3-11H2,1-2H3. The van der Waals surface area contributed by atoms with E-state index in [-0.39, 0.29) is 0 Å². The van der Waals surface area contributed by atoms with Gasteiger partial charge in [-0.05, 0) is 19.8 Å². The molecule has 2 unspecified atom stereocenters. The summed E-state index contributed by atoms with van der Waals surface area (Å²) in [4.78, 5) is 0. The SMILES string of the molecule is CCCCOCCNC(C)CC1COCCN1. The Balaban J connectivity index is 1.91. The molecule has 1 heterocycles. The number of nitrogens with one attached hydrogen (secondary N) is 2. The lowest BCUT2D eigenvalue weighted by molar-refractivity contribution is 0.0704. The molecule has 2 atom stereocenters. The molecule has 4 nitrogen and oxygen atoms in total. The van der Waals surface area contributed by atoms with Crippen molar-refractivity contribution >= 4 is 0 Å². The average Bonchev–Trinajstić information content (AvgIpc) is 2.35. The molecule has 2 N–H and O–H groups in total. The number of ether oxygens (including phenoxy) is 2. The summed E-state index contributed by atoms with van der Waals surface area (Å²) in [7, 11) is 0. The highest BCUT2D eigenvalue weighted by molar-refractivity contribution is 4.75. The molecular weight excluding hydrogens is 216 g/mol. The summed E-state index contributed by atoms with van der Waals surface area (Å²) >= 11 is 0. The predicted molar refractivity (Wildman–Crippen MR) is 70.4 cm³/mol. The summed E-state index contributed by atoms with van der Waals surface area (Å²) in [6, 6.07) is 1.02. The highest BCUT2D eigenvalue weighted by atomic mass is 16.5. The molecule has 1 fully saturated rings. The van der Waals surface area contributed by atoms with Gasteiger partial charge < -0.3 is 20.1 Å².